The third-order valence-corrected chi connectivity index (χ3v) is 6.62. The van der Waals surface area contributed by atoms with Crippen molar-refractivity contribution in [3.05, 3.63) is 47.3 Å². The maximum atomic E-state index is 13.8. The topological polar surface area (TPSA) is 66.8 Å². The van der Waals surface area contributed by atoms with Gasteiger partial charge in [0, 0.05) is 6.07 Å². The van der Waals surface area contributed by atoms with Crippen LogP contribution in [0.4, 0.5) is 27.6 Å². The van der Waals surface area contributed by atoms with Crippen LogP contribution in [0.15, 0.2) is 23.1 Å². The number of anilines is 1. The number of rotatable bonds is 4. The van der Waals surface area contributed by atoms with Crippen LogP contribution in [-0.2, 0) is 10.0 Å². The average Bonchev–Trinajstić information content (AvgIpc) is 2.57. The van der Waals surface area contributed by atoms with E-state index in [1.807, 2.05) is 0 Å². The summed E-state index contributed by atoms with van der Waals surface area (Å²) in [5.41, 5.74) is -0.317. The minimum absolute atomic E-state index is 0.0258. The van der Waals surface area contributed by atoms with Crippen LogP contribution in [0, 0.1) is 29.1 Å². The zero-order chi connectivity index (χ0) is 19.1. The Balaban J connectivity index is 2.65. The summed E-state index contributed by atoms with van der Waals surface area (Å²) in [6, 6.07) is 3.11. The number of methoxy groups -OCH3 is 1. The molecule has 0 spiro atoms. The fourth-order valence-corrected chi connectivity index (χ4v) is 3.89. The number of aromatic hydroxyl groups is 1. The van der Waals surface area contributed by atoms with Crippen LogP contribution < -0.4 is 7.26 Å². The highest BCUT2D eigenvalue weighted by molar-refractivity contribution is 14.1. The number of benzene rings is 2. The molecule has 0 radical (unpaired) electrons. The van der Waals surface area contributed by atoms with Crippen molar-refractivity contribution in [2.45, 2.75) is 4.90 Å². The number of phenolic OH excluding ortho intramolecular Hbond substituents is 1. The minimum atomic E-state index is -5.18. The second-order valence-electron chi connectivity index (χ2n) is 4.48. The van der Waals surface area contributed by atoms with E-state index in [9.17, 15) is 35.5 Å². The molecule has 25 heavy (non-hydrogen) atoms. The monoisotopic (exact) mass is 495 g/mol. The third-order valence-electron chi connectivity index (χ3n) is 3.00. The van der Waals surface area contributed by atoms with E-state index in [2.05, 4.69) is 0 Å². The lowest BCUT2D eigenvalue weighted by Crippen LogP contribution is -2.24. The van der Waals surface area contributed by atoms with Gasteiger partial charge in [0.05, 0.1) is 35.7 Å². The molecule has 5 nitrogen and oxygen atoms in total. The Morgan fingerprint density at radius 3 is 1.92 bits per heavy atom. The van der Waals surface area contributed by atoms with Gasteiger partial charge in [-0.05, 0) is 12.1 Å². The lowest BCUT2D eigenvalue weighted by Gasteiger charge is -2.19. The van der Waals surface area contributed by atoms with E-state index in [1.54, 1.807) is 0 Å². The lowest BCUT2D eigenvalue weighted by atomic mass is 10.3. The number of hydrogen-bond donors (Lipinski definition) is 1. The molecule has 0 aliphatic heterocycles. The number of sulfonamides is 1. The first-order chi connectivity index (χ1) is 11.5. The summed E-state index contributed by atoms with van der Waals surface area (Å²) in [6.07, 6.45) is 0. The molecule has 0 fully saturated rings. The Bertz CT molecular complexity index is 925. The molecule has 0 saturated heterocycles. The van der Waals surface area contributed by atoms with E-state index in [4.69, 9.17) is 4.74 Å². The predicted molar refractivity (Wildman–Crippen MR) is 84.6 cm³/mol. The largest absolute Gasteiger partial charge is 0.504 e. The van der Waals surface area contributed by atoms with Gasteiger partial charge in [-0.2, -0.15) is 0 Å². The van der Waals surface area contributed by atoms with Crippen LogP contribution in [0.2, 0.25) is 0 Å². The van der Waals surface area contributed by atoms with Crippen molar-refractivity contribution < 1.29 is 40.2 Å². The van der Waals surface area contributed by atoms with Crippen LogP contribution in [0.1, 0.15) is 0 Å². The number of phenols is 1. The van der Waals surface area contributed by atoms with Gasteiger partial charge in [0.1, 0.15) is 0 Å². The molecule has 0 aromatic heterocycles. The van der Waals surface area contributed by atoms with E-state index in [0.717, 1.165) is 41.1 Å². The summed E-state index contributed by atoms with van der Waals surface area (Å²) in [5, 5.41) is 9.64. The molecule has 0 aliphatic carbocycles. The molecular formula is C13H7F5INO4S. The maximum Gasteiger partial charge on any atom is 0.278 e. The highest BCUT2D eigenvalue weighted by Gasteiger charge is 2.37. The smallest absolute Gasteiger partial charge is 0.278 e. The Labute approximate surface area is 152 Å². The first-order valence-electron chi connectivity index (χ1n) is 6.13. The standard InChI is InChI=1S/C13H7F5INO4S/c1-24-7-3-2-5(4-6(7)21)20(19)25(22,23)13-11(17)9(15)8(14)10(16)12(13)18/h2-4,21H,1H3. The molecule has 12 heteroatoms. The first-order valence-corrected chi connectivity index (χ1v) is 8.54. The molecule has 136 valence electrons. The van der Waals surface area contributed by atoms with Gasteiger partial charge in [-0.1, -0.05) is 0 Å². The van der Waals surface area contributed by atoms with Gasteiger partial charge in [-0.3, -0.25) is 0 Å². The second kappa shape index (κ2) is 6.82. The third kappa shape index (κ3) is 3.19. The van der Waals surface area contributed by atoms with Crippen molar-refractivity contribution in [3.63, 3.8) is 0 Å². The van der Waals surface area contributed by atoms with Crippen molar-refractivity contribution in [2.75, 3.05) is 9.63 Å². The summed E-state index contributed by atoms with van der Waals surface area (Å²) in [7, 11) is -3.96. The van der Waals surface area contributed by atoms with Gasteiger partial charge in [0.15, 0.2) is 39.7 Å². The Hall–Kier alpha value is -1.83. The van der Waals surface area contributed by atoms with E-state index >= 15 is 0 Å². The normalized spacial score (nSPS) is 11.5. The van der Waals surface area contributed by atoms with Gasteiger partial charge < -0.3 is 9.84 Å². The zero-order valence-electron chi connectivity index (χ0n) is 12.0. The molecule has 0 bridgehead atoms. The van der Waals surface area contributed by atoms with Crippen molar-refractivity contribution in [1.29, 1.82) is 0 Å². The molecule has 0 heterocycles. The van der Waals surface area contributed by atoms with E-state index in [-0.39, 0.29) is 14.0 Å². The molecule has 1 N–H and O–H groups in total. The summed E-state index contributed by atoms with van der Waals surface area (Å²) in [5.74, 6) is -12.8. The van der Waals surface area contributed by atoms with Gasteiger partial charge >= 0.3 is 0 Å². The fraction of sp³-hybridized carbons (Fsp3) is 0.0769. The second-order valence-corrected chi connectivity index (χ2v) is 7.82. The fourth-order valence-electron chi connectivity index (χ4n) is 1.82. The lowest BCUT2D eigenvalue weighted by molar-refractivity contribution is 0.358. The van der Waals surface area contributed by atoms with Crippen molar-refractivity contribution in [2.24, 2.45) is 0 Å². The minimum Gasteiger partial charge on any atom is -0.504 e. The number of hydrogen-bond acceptors (Lipinski definition) is 4. The molecular weight excluding hydrogens is 488 g/mol. The van der Waals surface area contributed by atoms with Crippen LogP contribution in [-0.4, -0.2) is 20.6 Å². The van der Waals surface area contributed by atoms with Crippen LogP contribution >= 0.6 is 22.9 Å². The molecule has 0 saturated carbocycles. The average molecular weight is 495 g/mol. The van der Waals surface area contributed by atoms with E-state index < -0.39 is 49.8 Å². The van der Waals surface area contributed by atoms with Crippen molar-refractivity contribution >= 4 is 38.6 Å². The molecule has 0 aliphatic rings. The zero-order valence-corrected chi connectivity index (χ0v) is 15.0. The number of ether oxygens (including phenoxy) is 1. The van der Waals surface area contributed by atoms with Crippen LogP contribution in [0.3, 0.4) is 0 Å². The predicted octanol–water partition coefficient (Wildman–Crippen LogP) is 3.64. The number of halogens is 6. The number of nitrogens with zero attached hydrogens (tertiary/aromatic N) is 1. The highest BCUT2D eigenvalue weighted by Crippen LogP contribution is 2.37. The summed E-state index contributed by atoms with van der Waals surface area (Å²) >= 11 is 1.08. The van der Waals surface area contributed by atoms with E-state index in [1.165, 1.54) is 7.11 Å². The SMILES string of the molecule is COc1ccc(N(I)S(=O)(=O)c2c(F)c(F)c(F)c(F)c2F)cc1O. The molecule has 2 rings (SSSR count). The summed E-state index contributed by atoms with van der Waals surface area (Å²) in [6.45, 7) is 0. The molecule has 0 amide bonds. The summed E-state index contributed by atoms with van der Waals surface area (Å²) in [4.78, 5) is -2.01. The molecule has 0 atom stereocenters. The van der Waals surface area contributed by atoms with Gasteiger partial charge in [0.2, 0.25) is 5.82 Å². The Morgan fingerprint density at radius 2 is 1.48 bits per heavy atom. The summed E-state index contributed by atoms with van der Waals surface area (Å²) < 4.78 is 96.8. The van der Waals surface area contributed by atoms with Gasteiger partial charge in [0.25, 0.3) is 10.0 Å². The highest BCUT2D eigenvalue weighted by atomic mass is 127. The van der Waals surface area contributed by atoms with E-state index in [0.29, 0.717) is 0 Å². The molecule has 0 unspecified atom stereocenters. The maximum absolute atomic E-state index is 13.8. The van der Waals surface area contributed by atoms with Crippen molar-refractivity contribution in [3.8, 4) is 11.5 Å². The van der Waals surface area contributed by atoms with Crippen LogP contribution in [0.5, 0.6) is 11.5 Å². The van der Waals surface area contributed by atoms with Gasteiger partial charge in [-0.15, -0.1) is 0 Å². The van der Waals surface area contributed by atoms with Gasteiger partial charge in [-0.25, -0.2) is 32.9 Å². The first kappa shape index (κ1) is 19.5. The quantitative estimate of drug-likeness (QED) is 0.232. The molecule has 2 aromatic carbocycles. The molecule has 2 aromatic rings. The van der Waals surface area contributed by atoms with Crippen LogP contribution in [0.25, 0.3) is 0 Å². The Kier molecular flexibility index (Phi) is 5.32. The Morgan fingerprint density at radius 1 is 1.00 bits per heavy atom. The van der Waals surface area contributed by atoms with Crippen molar-refractivity contribution in [1.82, 2.24) is 0 Å².